The Morgan fingerprint density at radius 2 is 1.27 bits per heavy atom. The first kappa shape index (κ1) is 36.2. The van der Waals surface area contributed by atoms with E-state index in [0.29, 0.717) is 13.0 Å². The Morgan fingerprint density at radius 3 is 1.69 bits per heavy atom. The van der Waals surface area contributed by atoms with E-state index in [2.05, 4.69) is 31.7 Å². The maximum atomic E-state index is 12.2. The van der Waals surface area contributed by atoms with Crippen LogP contribution in [0.3, 0.4) is 0 Å². The second kappa shape index (κ2) is 16.7. The minimum absolute atomic E-state index is 0.00542. The molecule has 2 atom stereocenters. The van der Waals surface area contributed by atoms with E-state index in [1.165, 1.54) is 29.8 Å². The highest BCUT2D eigenvalue weighted by molar-refractivity contribution is 5.95. The molecule has 11 heteroatoms. The molecule has 0 spiro atoms. The van der Waals surface area contributed by atoms with Gasteiger partial charge in [-0.25, -0.2) is 14.4 Å². The molecule has 0 fully saturated rings. The van der Waals surface area contributed by atoms with E-state index in [-0.39, 0.29) is 22.6 Å². The van der Waals surface area contributed by atoms with Gasteiger partial charge >= 0.3 is 23.9 Å². The molecule has 0 amide bonds. The molecule has 0 radical (unpaired) electrons. The summed E-state index contributed by atoms with van der Waals surface area (Å²) in [6.45, 7) is 10.0. The van der Waals surface area contributed by atoms with Crippen LogP contribution in [0.1, 0.15) is 63.7 Å². The molecule has 0 bridgehead atoms. The third-order valence-corrected chi connectivity index (χ3v) is 6.12. The first-order valence-corrected chi connectivity index (χ1v) is 14.2. The number of carboxylic acids is 2. The van der Waals surface area contributed by atoms with Crippen LogP contribution < -0.4 is 10.8 Å². The summed E-state index contributed by atoms with van der Waals surface area (Å²) in [7, 11) is 0. The van der Waals surface area contributed by atoms with Crippen molar-refractivity contribution in [1.29, 1.82) is 0 Å². The third-order valence-electron chi connectivity index (χ3n) is 6.12. The van der Waals surface area contributed by atoms with Gasteiger partial charge in [-0.2, -0.15) is 0 Å². The van der Waals surface area contributed by atoms with E-state index in [1.807, 2.05) is 19.1 Å². The molecule has 0 aliphatic carbocycles. The molecule has 0 saturated heterocycles. The Hall–Kier alpha value is -5.03. The molecule has 240 valence electrons. The second-order valence-electron chi connectivity index (χ2n) is 11.2. The molecule has 11 nitrogen and oxygen atoms in total. The Labute approximate surface area is 261 Å². The van der Waals surface area contributed by atoms with Gasteiger partial charge in [0, 0.05) is 6.42 Å². The van der Waals surface area contributed by atoms with Crippen LogP contribution in [0.4, 0.5) is 0 Å². The summed E-state index contributed by atoms with van der Waals surface area (Å²) in [6.07, 6.45) is -3.36. The van der Waals surface area contributed by atoms with Crippen LogP contribution in [-0.4, -0.2) is 59.3 Å². The number of hydrogen-bond donors (Lipinski definition) is 2. The molecule has 0 aliphatic rings. The van der Waals surface area contributed by atoms with Gasteiger partial charge in [0.15, 0.2) is 6.10 Å². The predicted octanol–water partition coefficient (Wildman–Crippen LogP) is 2.24. The quantitative estimate of drug-likeness (QED) is 0.225. The van der Waals surface area contributed by atoms with E-state index in [4.69, 9.17) is 14.2 Å². The normalized spacial score (nSPS) is 12.0. The van der Waals surface area contributed by atoms with E-state index in [0.717, 1.165) is 23.1 Å². The lowest BCUT2D eigenvalue weighted by molar-refractivity contribution is -0.465. The fraction of sp³-hybridized carbons (Fsp3) is 0.324. The lowest BCUT2D eigenvalue weighted by atomic mass is 9.95. The van der Waals surface area contributed by atoms with E-state index < -0.39 is 36.1 Å². The maximum absolute atomic E-state index is 12.2. The Morgan fingerprint density at radius 1 is 0.800 bits per heavy atom. The maximum Gasteiger partial charge on any atom is 0.349 e. The summed E-state index contributed by atoms with van der Waals surface area (Å²) in [5.41, 5.74) is 8.05. The standard InChI is InChI=1S/C20H18O8.C14H21NO2/c1-11-3-7-13(8-4-11)19(25)27-15(17(21)22)16(18(23)24)28-20(26)14-9-5-12(2)6-10-14;1-4-17-13(16)9-11-6-5-7-12(8-11)10-14(2,3)15/h3-10,15-16H,1-2H3,(H,21,22)(H,23,24);5-8H,4,9-10,15H2,1-3H3/t15-,16-;/m1./s1. The zero-order chi connectivity index (χ0) is 33.7. The number of aliphatic carboxylic acids is 2. The first-order valence-electron chi connectivity index (χ1n) is 14.2. The summed E-state index contributed by atoms with van der Waals surface area (Å²) < 4.78 is 14.5. The summed E-state index contributed by atoms with van der Waals surface area (Å²) in [6, 6.07) is 20.0. The highest BCUT2D eigenvalue weighted by Crippen LogP contribution is 2.15. The van der Waals surface area contributed by atoms with Crippen LogP contribution in [0, 0.1) is 13.8 Å². The zero-order valence-corrected chi connectivity index (χ0v) is 26.0. The number of ether oxygens (including phenoxy) is 3. The van der Waals surface area contributed by atoms with Crippen molar-refractivity contribution in [2.24, 2.45) is 0 Å². The molecule has 0 aliphatic heterocycles. The van der Waals surface area contributed by atoms with Crippen molar-refractivity contribution in [2.45, 2.75) is 65.2 Å². The van der Waals surface area contributed by atoms with E-state index in [9.17, 15) is 34.2 Å². The van der Waals surface area contributed by atoms with Crippen molar-refractivity contribution in [3.8, 4) is 0 Å². The lowest BCUT2D eigenvalue weighted by Gasteiger charge is -2.24. The molecule has 45 heavy (non-hydrogen) atoms. The third kappa shape index (κ3) is 12.6. The number of hydrogen-bond acceptors (Lipinski definition) is 9. The van der Waals surface area contributed by atoms with Gasteiger partial charge in [0.05, 0.1) is 35.7 Å². The topological polar surface area (TPSA) is 184 Å². The molecule has 3 rings (SSSR count). The Kier molecular flexibility index (Phi) is 13.4. The van der Waals surface area contributed by atoms with Crippen LogP contribution in [-0.2, 0) is 41.4 Å². The SMILES string of the molecule is CCOC(=O)Cc1cccc(CC(C)(C)[NH3+])c1.Cc1ccc(C(=O)O[C@@H](C(=O)[O-])[C@@H](OC(=O)c2ccc(C)cc2)C(=O)O)cc1. The predicted molar refractivity (Wildman–Crippen MR) is 161 cm³/mol. The van der Waals surface area contributed by atoms with Crippen LogP contribution >= 0.6 is 0 Å². The number of rotatable bonds is 12. The van der Waals surface area contributed by atoms with Gasteiger partial charge in [-0.1, -0.05) is 59.7 Å². The Bertz CT molecular complexity index is 1400. The van der Waals surface area contributed by atoms with Gasteiger partial charge in [-0.15, -0.1) is 0 Å². The summed E-state index contributed by atoms with van der Waals surface area (Å²) in [5, 5.41) is 20.7. The molecular weight excluding hydrogens is 582 g/mol. The average Bonchev–Trinajstić information content (AvgIpc) is 2.95. The smallest absolute Gasteiger partial charge is 0.349 e. The summed E-state index contributed by atoms with van der Waals surface area (Å²) >= 11 is 0. The molecule has 3 aromatic carbocycles. The molecule has 3 aromatic rings. The summed E-state index contributed by atoms with van der Waals surface area (Å²) in [5.74, 6) is -6.15. The minimum atomic E-state index is -2.33. The molecule has 0 unspecified atom stereocenters. The fourth-order valence-corrected chi connectivity index (χ4v) is 4.00. The second-order valence-corrected chi connectivity index (χ2v) is 11.2. The summed E-state index contributed by atoms with van der Waals surface area (Å²) in [4.78, 5) is 58.5. The molecule has 0 saturated carbocycles. The number of quaternary nitrogens is 1. The van der Waals surface area contributed by atoms with Gasteiger partial charge in [0.2, 0.25) is 6.10 Å². The molecule has 0 heterocycles. The number of benzene rings is 3. The monoisotopic (exact) mass is 621 g/mol. The number of esters is 3. The van der Waals surface area contributed by atoms with E-state index >= 15 is 0 Å². The number of aryl methyl sites for hydroxylation is 2. The Balaban J connectivity index is 0.000000355. The van der Waals surface area contributed by atoms with E-state index in [1.54, 1.807) is 38.1 Å². The van der Waals surface area contributed by atoms with Crippen molar-refractivity contribution in [1.82, 2.24) is 0 Å². The highest BCUT2D eigenvalue weighted by Gasteiger charge is 2.36. The number of carbonyl (C=O) groups excluding carboxylic acids is 4. The highest BCUT2D eigenvalue weighted by atomic mass is 16.6. The van der Waals surface area contributed by atoms with Crippen LogP contribution in [0.5, 0.6) is 0 Å². The van der Waals surface area contributed by atoms with Gasteiger partial charge in [0.1, 0.15) is 0 Å². The lowest BCUT2D eigenvalue weighted by Crippen LogP contribution is -2.70. The number of carbonyl (C=O) groups is 5. The van der Waals surface area contributed by atoms with Crippen molar-refractivity contribution in [3.05, 3.63) is 106 Å². The van der Waals surface area contributed by atoms with Crippen molar-refractivity contribution in [3.63, 3.8) is 0 Å². The largest absolute Gasteiger partial charge is 0.546 e. The number of carboxylic acid groups (broad SMARTS) is 2. The van der Waals surface area contributed by atoms with Gasteiger partial charge in [0.25, 0.3) is 0 Å². The molecule has 0 aromatic heterocycles. The van der Waals surface area contributed by atoms with Crippen LogP contribution in [0.15, 0.2) is 72.8 Å². The van der Waals surface area contributed by atoms with Crippen molar-refractivity contribution >= 4 is 29.8 Å². The van der Waals surface area contributed by atoms with Crippen molar-refractivity contribution < 1.29 is 54.1 Å². The van der Waals surface area contributed by atoms with Gasteiger partial charge in [-0.05, 0) is 70.0 Å². The average molecular weight is 622 g/mol. The fourth-order valence-electron chi connectivity index (χ4n) is 4.00. The van der Waals surface area contributed by atoms with Crippen LogP contribution in [0.25, 0.3) is 0 Å². The van der Waals surface area contributed by atoms with Crippen LogP contribution in [0.2, 0.25) is 0 Å². The van der Waals surface area contributed by atoms with Gasteiger partial charge in [-0.3, -0.25) is 4.79 Å². The minimum Gasteiger partial charge on any atom is -0.546 e. The van der Waals surface area contributed by atoms with Crippen molar-refractivity contribution in [2.75, 3.05) is 6.61 Å². The zero-order valence-electron chi connectivity index (χ0n) is 26.0. The molecule has 4 N–H and O–H groups in total. The molecular formula is C34H39NO10. The van der Waals surface area contributed by atoms with Gasteiger partial charge < -0.3 is 35.0 Å². The first-order chi connectivity index (χ1) is 21.1.